The van der Waals surface area contributed by atoms with E-state index in [1.165, 1.54) is 11.8 Å². The second-order valence-corrected chi connectivity index (χ2v) is 9.78. The molecule has 10 heteroatoms. The monoisotopic (exact) mass is 525 g/mol. The minimum absolute atomic E-state index is 0. The van der Waals surface area contributed by atoms with E-state index in [2.05, 4.69) is 20.1 Å². The topological polar surface area (TPSA) is 51.7 Å². The lowest BCUT2D eigenvalue weighted by molar-refractivity contribution is -0.138. The number of rotatable bonds is 6. The number of benzene rings is 1. The molecule has 6 nitrogen and oxygen atoms in total. The summed E-state index contributed by atoms with van der Waals surface area (Å²) in [7, 11) is 0. The van der Waals surface area contributed by atoms with Gasteiger partial charge in [0.2, 0.25) is 5.91 Å². The van der Waals surface area contributed by atoms with Gasteiger partial charge in [0.15, 0.2) is 0 Å². The summed E-state index contributed by atoms with van der Waals surface area (Å²) in [5.74, 6) is 0.503. The molecule has 0 aliphatic carbocycles. The number of piperazine rings is 1. The number of pyridine rings is 1. The minimum atomic E-state index is -4.39. The SMILES string of the molecule is C.CC(CN1CCN(c2ccc(Cl)cc2)CC1)C(=O)N1CCC(Nc2ccc(C(F)(F)F)cn2)CC1. The molecule has 1 aromatic heterocycles. The maximum Gasteiger partial charge on any atom is 0.417 e. The van der Waals surface area contributed by atoms with Gasteiger partial charge < -0.3 is 15.1 Å². The van der Waals surface area contributed by atoms with Gasteiger partial charge in [0.25, 0.3) is 0 Å². The third-order valence-electron chi connectivity index (χ3n) is 6.77. The van der Waals surface area contributed by atoms with E-state index >= 15 is 0 Å². The number of piperidine rings is 1. The van der Waals surface area contributed by atoms with Crippen LogP contribution in [0.3, 0.4) is 0 Å². The van der Waals surface area contributed by atoms with E-state index in [1.54, 1.807) is 0 Å². The van der Waals surface area contributed by atoms with Crippen LogP contribution in [0.4, 0.5) is 24.7 Å². The Balaban J connectivity index is 0.00000361. The Morgan fingerprint density at radius 3 is 2.25 bits per heavy atom. The number of anilines is 2. The van der Waals surface area contributed by atoms with Crippen molar-refractivity contribution in [1.29, 1.82) is 0 Å². The van der Waals surface area contributed by atoms with Crippen LogP contribution in [0.5, 0.6) is 0 Å². The highest BCUT2D eigenvalue weighted by atomic mass is 35.5. The van der Waals surface area contributed by atoms with Gasteiger partial charge in [0, 0.05) is 74.7 Å². The van der Waals surface area contributed by atoms with Crippen molar-refractivity contribution in [2.24, 2.45) is 5.92 Å². The largest absolute Gasteiger partial charge is 0.417 e. The molecule has 36 heavy (non-hydrogen) atoms. The average molecular weight is 526 g/mol. The van der Waals surface area contributed by atoms with E-state index in [4.69, 9.17) is 11.6 Å². The average Bonchev–Trinajstić information content (AvgIpc) is 2.85. The summed E-state index contributed by atoms with van der Waals surface area (Å²) < 4.78 is 38.1. The molecule has 0 spiro atoms. The fourth-order valence-corrected chi connectivity index (χ4v) is 4.84. The quantitative estimate of drug-likeness (QED) is 0.558. The number of alkyl halides is 3. The number of carbonyl (C=O) groups excluding carboxylic acids is 1. The Morgan fingerprint density at radius 2 is 1.69 bits per heavy atom. The molecule has 1 atom stereocenters. The number of amides is 1. The first-order valence-electron chi connectivity index (χ1n) is 12.0. The highest BCUT2D eigenvalue weighted by Crippen LogP contribution is 2.29. The number of halogens is 4. The summed E-state index contributed by atoms with van der Waals surface area (Å²) in [5.41, 5.74) is 0.407. The standard InChI is InChI=1S/C25H31ClF3N5O.CH4/c1-18(17-32-12-14-33(15-13-32)22-5-3-20(26)4-6-22)24(35)34-10-8-21(9-11-34)31-23-7-2-19(16-30-23)25(27,28)29;/h2-7,16,18,21H,8-15,17H2,1H3,(H,30,31);1H4. The van der Waals surface area contributed by atoms with Gasteiger partial charge in [-0.05, 0) is 49.2 Å². The number of hydrogen-bond acceptors (Lipinski definition) is 5. The molecule has 2 saturated heterocycles. The Bertz CT molecular complexity index is 971. The van der Waals surface area contributed by atoms with Crippen LogP contribution in [0, 0.1) is 5.92 Å². The smallest absolute Gasteiger partial charge is 0.369 e. The molecule has 198 valence electrons. The fraction of sp³-hybridized carbons (Fsp3) is 0.538. The van der Waals surface area contributed by atoms with E-state index in [0.717, 1.165) is 62.9 Å². The van der Waals surface area contributed by atoms with Gasteiger partial charge in [-0.25, -0.2) is 4.98 Å². The lowest BCUT2D eigenvalue weighted by atomic mass is 10.0. The summed E-state index contributed by atoms with van der Waals surface area (Å²) in [4.78, 5) is 23.5. The third-order valence-corrected chi connectivity index (χ3v) is 7.02. The summed E-state index contributed by atoms with van der Waals surface area (Å²) in [6, 6.07) is 10.4. The van der Waals surface area contributed by atoms with Crippen molar-refractivity contribution >= 4 is 29.0 Å². The van der Waals surface area contributed by atoms with Crippen LogP contribution in [0.15, 0.2) is 42.6 Å². The molecule has 2 aliphatic heterocycles. The minimum Gasteiger partial charge on any atom is -0.369 e. The number of aromatic nitrogens is 1. The van der Waals surface area contributed by atoms with Crippen molar-refractivity contribution in [3.8, 4) is 0 Å². The van der Waals surface area contributed by atoms with Gasteiger partial charge in [-0.15, -0.1) is 0 Å². The van der Waals surface area contributed by atoms with Crippen molar-refractivity contribution in [1.82, 2.24) is 14.8 Å². The van der Waals surface area contributed by atoms with Crippen LogP contribution < -0.4 is 10.2 Å². The Kier molecular flexibility index (Phi) is 9.47. The molecule has 0 radical (unpaired) electrons. The van der Waals surface area contributed by atoms with Crippen LogP contribution in [-0.4, -0.2) is 72.5 Å². The fourth-order valence-electron chi connectivity index (χ4n) is 4.72. The molecule has 0 saturated carbocycles. The van der Waals surface area contributed by atoms with Crippen LogP contribution in [0.1, 0.15) is 32.8 Å². The molecule has 0 bridgehead atoms. The van der Waals surface area contributed by atoms with E-state index in [-0.39, 0.29) is 25.3 Å². The van der Waals surface area contributed by atoms with E-state index in [0.29, 0.717) is 18.9 Å². The lowest BCUT2D eigenvalue weighted by Gasteiger charge is -2.38. The molecule has 1 aromatic carbocycles. The highest BCUT2D eigenvalue weighted by Gasteiger charge is 2.31. The van der Waals surface area contributed by atoms with Crippen molar-refractivity contribution in [2.45, 2.75) is 39.4 Å². The van der Waals surface area contributed by atoms with Gasteiger partial charge in [-0.2, -0.15) is 13.2 Å². The predicted molar refractivity (Wildman–Crippen MR) is 138 cm³/mol. The zero-order chi connectivity index (χ0) is 25.0. The predicted octanol–water partition coefficient (Wildman–Crippen LogP) is 5.25. The molecule has 2 fully saturated rings. The summed E-state index contributed by atoms with van der Waals surface area (Å²) >= 11 is 5.98. The number of hydrogen-bond donors (Lipinski definition) is 1. The van der Waals surface area contributed by atoms with Crippen LogP contribution in [-0.2, 0) is 11.0 Å². The van der Waals surface area contributed by atoms with E-state index in [1.807, 2.05) is 36.1 Å². The number of likely N-dealkylation sites (tertiary alicyclic amines) is 1. The zero-order valence-corrected chi connectivity index (χ0v) is 20.5. The zero-order valence-electron chi connectivity index (χ0n) is 19.8. The number of nitrogens with one attached hydrogen (secondary N) is 1. The lowest BCUT2D eigenvalue weighted by Crippen LogP contribution is -2.50. The van der Waals surface area contributed by atoms with Crippen molar-refractivity contribution in [2.75, 3.05) is 56.0 Å². The van der Waals surface area contributed by atoms with Gasteiger partial charge in [-0.3, -0.25) is 9.69 Å². The highest BCUT2D eigenvalue weighted by molar-refractivity contribution is 6.30. The summed E-state index contributed by atoms with van der Waals surface area (Å²) in [6.07, 6.45) is -2.07. The Labute approximate surface area is 216 Å². The Hall–Kier alpha value is -2.52. The molecule has 2 aromatic rings. The molecule has 1 unspecified atom stereocenters. The van der Waals surface area contributed by atoms with Crippen molar-refractivity contribution in [3.63, 3.8) is 0 Å². The second-order valence-electron chi connectivity index (χ2n) is 9.34. The van der Waals surface area contributed by atoms with Crippen LogP contribution in [0.2, 0.25) is 5.02 Å². The molecule has 2 aliphatic rings. The Morgan fingerprint density at radius 1 is 1.06 bits per heavy atom. The maximum absolute atomic E-state index is 13.0. The first kappa shape index (κ1) is 28.1. The van der Waals surface area contributed by atoms with E-state index < -0.39 is 11.7 Å². The van der Waals surface area contributed by atoms with Crippen molar-refractivity contribution < 1.29 is 18.0 Å². The summed E-state index contributed by atoms with van der Waals surface area (Å²) in [6.45, 7) is 7.64. The van der Waals surface area contributed by atoms with Crippen LogP contribution in [0.25, 0.3) is 0 Å². The molecular weight excluding hydrogens is 491 g/mol. The van der Waals surface area contributed by atoms with Gasteiger partial charge >= 0.3 is 6.18 Å². The molecule has 1 amide bonds. The third kappa shape index (κ3) is 7.26. The molecule has 3 heterocycles. The van der Waals surface area contributed by atoms with Gasteiger partial charge in [-0.1, -0.05) is 26.0 Å². The summed E-state index contributed by atoms with van der Waals surface area (Å²) in [5, 5.41) is 3.93. The molecular formula is C26H35ClF3N5O. The number of nitrogens with zero attached hydrogens (tertiary/aromatic N) is 4. The molecule has 4 rings (SSSR count). The van der Waals surface area contributed by atoms with Gasteiger partial charge in [0.1, 0.15) is 5.82 Å². The maximum atomic E-state index is 13.0. The van der Waals surface area contributed by atoms with E-state index in [9.17, 15) is 18.0 Å². The van der Waals surface area contributed by atoms with Gasteiger partial charge in [0.05, 0.1) is 5.56 Å². The molecule has 1 N–H and O–H groups in total. The van der Waals surface area contributed by atoms with Crippen molar-refractivity contribution in [3.05, 3.63) is 53.2 Å². The van der Waals surface area contributed by atoms with Crippen LogP contribution >= 0.6 is 11.6 Å². The number of carbonyl (C=O) groups is 1. The second kappa shape index (κ2) is 12.1. The first-order chi connectivity index (χ1) is 16.7. The normalized spacial score (nSPS) is 18.5. The first-order valence-corrected chi connectivity index (χ1v) is 12.4.